The van der Waals surface area contributed by atoms with Crippen molar-refractivity contribution in [1.29, 1.82) is 0 Å². The van der Waals surface area contributed by atoms with Gasteiger partial charge in [-0.25, -0.2) is 4.98 Å². The lowest BCUT2D eigenvalue weighted by atomic mass is 9.96. The molecule has 2 aromatic rings. The summed E-state index contributed by atoms with van der Waals surface area (Å²) in [5.74, 6) is 0.906. The fraction of sp³-hybridized carbons (Fsp3) is 0.381. The SMILES string of the molecule is CCOc1ccc(C(=O)N2CCCC(C(=O)Nc3ccc(Br)cn3)C2)cc1C. The Hall–Kier alpha value is -2.41. The molecule has 3 rings (SSSR count). The van der Waals surface area contributed by atoms with Gasteiger partial charge in [-0.1, -0.05) is 0 Å². The van der Waals surface area contributed by atoms with Crippen LogP contribution < -0.4 is 10.1 Å². The highest BCUT2D eigenvalue weighted by Crippen LogP contribution is 2.23. The fourth-order valence-corrected chi connectivity index (χ4v) is 3.57. The molecule has 1 N–H and O–H groups in total. The second kappa shape index (κ2) is 9.19. The number of nitrogens with one attached hydrogen (secondary N) is 1. The Morgan fingerprint density at radius 3 is 2.82 bits per heavy atom. The molecule has 1 aromatic carbocycles. The van der Waals surface area contributed by atoms with E-state index in [0.29, 0.717) is 31.1 Å². The Morgan fingerprint density at radius 2 is 2.14 bits per heavy atom. The molecule has 7 heteroatoms. The van der Waals surface area contributed by atoms with Crippen LogP contribution in [0.1, 0.15) is 35.7 Å². The molecule has 2 heterocycles. The molecule has 1 atom stereocenters. The molecule has 148 valence electrons. The maximum atomic E-state index is 12.9. The topological polar surface area (TPSA) is 71.5 Å². The van der Waals surface area contributed by atoms with Crippen molar-refractivity contribution in [2.24, 2.45) is 5.92 Å². The van der Waals surface area contributed by atoms with Crippen LogP contribution in [-0.2, 0) is 4.79 Å². The smallest absolute Gasteiger partial charge is 0.253 e. The number of hydrogen-bond acceptors (Lipinski definition) is 4. The predicted molar refractivity (Wildman–Crippen MR) is 112 cm³/mol. The van der Waals surface area contributed by atoms with Crippen molar-refractivity contribution in [2.75, 3.05) is 25.0 Å². The summed E-state index contributed by atoms with van der Waals surface area (Å²) >= 11 is 3.33. The Kier molecular flexibility index (Phi) is 6.67. The van der Waals surface area contributed by atoms with E-state index in [0.717, 1.165) is 28.6 Å². The quantitative estimate of drug-likeness (QED) is 0.753. The molecular weight excluding hydrogens is 422 g/mol. The molecule has 2 amide bonds. The summed E-state index contributed by atoms with van der Waals surface area (Å²) in [5, 5.41) is 2.84. The fourth-order valence-electron chi connectivity index (χ4n) is 3.34. The molecule has 1 saturated heterocycles. The van der Waals surface area contributed by atoms with Crippen molar-refractivity contribution < 1.29 is 14.3 Å². The largest absolute Gasteiger partial charge is 0.494 e. The molecule has 0 spiro atoms. The van der Waals surface area contributed by atoms with Crippen LogP contribution in [0.5, 0.6) is 5.75 Å². The molecule has 28 heavy (non-hydrogen) atoms. The number of ether oxygens (including phenoxy) is 1. The summed E-state index contributed by atoms with van der Waals surface area (Å²) in [6.45, 7) is 5.52. The van der Waals surface area contributed by atoms with E-state index < -0.39 is 0 Å². The lowest BCUT2D eigenvalue weighted by Gasteiger charge is -2.32. The number of amides is 2. The first-order valence-corrected chi connectivity index (χ1v) is 10.2. The summed E-state index contributed by atoms with van der Waals surface area (Å²) in [7, 11) is 0. The van der Waals surface area contributed by atoms with E-state index in [2.05, 4.69) is 26.2 Å². The van der Waals surface area contributed by atoms with Crippen molar-refractivity contribution in [2.45, 2.75) is 26.7 Å². The number of likely N-dealkylation sites (tertiary alicyclic amines) is 1. The zero-order chi connectivity index (χ0) is 20.1. The summed E-state index contributed by atoms with van der Waals surface area (Å²) < 4.78 is 6.40. The van der Waals surface area contributed by atoms with E-state index in [-0.39, 0.29) is 17.7 Å². The van der Waals surface area contributed by atoms with Crippen LogP contribution in [0.15, 0.2) is 41.0 Å². The van der Waals surface area contributed by atoms with Crippen molar-refractivity contribution in [3.05, 3.63) is 52.1 Å². The van der Waals surface area contributed by atoms with Gasteiger partial charge in [-0.15, -0.1) is 0 Å². The molecule has 1 unspecified atom stereocenters. The van der Waals surface area contributed by atoms with E-state index in [1.165, 1.54) is 0 Å². The zero-order valence-electron chi connectivity index (χ0n) is 16.1. The average Bonchev–Trinajstić information content (AvgIpc) is 2.71. The van der Waals surface area contributed by atoms with Crippen LogP contribution in [0.3, 0.4) is 0 Å². The first-order valence-electron chi connectivity index (χ1n) is 9.43. The molecule has 0 aliphatic carbocycles. The number of aromatic nitrogens is 1. The van der Waals surface area contributed by atoms with Gasteiger partial charge in [0.05, 0.1) is 12.5 Å². The Morgan fingerprint density at radius 1 is 1.32 bits per heavy atom. The standard InChI is InChI=1S/C21H24BrN3O3/c1-3-28-18-8-6-15(11-14(18)2)21(27)25-10-4-5-16(13-25)20(26)24-19-9-7-17(22)12-23-19/h6-9,11-12,16H,3-5,10,13H2,1-2H3,(H,23,24,26). The number of hydrogen-bond donors (Lipinski definition) is 1. The number of halogens is 1. The second-order valence-electron chi connectivity index (χ2n) is 6.85. The van der Waals surface area contributed by atoms with Crippen molar-refractivity contribution in [3.63, 3.8) is 0 Å². The first-order chi connectivity index (χ1) is 13.5. The molecule has 1 aliphatic rings. The lowest BCUT2D eigenvalue weighted by Crippen LogP contribution is -2.43. The monoisotopic (exact) mass is 445 g/mol. The van der Waals surface area contributed by atoms with Gasteiger partial charge in [0.2, 0.25) is 5.91 Å². The molecule has 0 radical (unpaired) electrons. The summed E-state index contributed by atoms with van der Waals surface area (Å²) in [6.07, 6.45) is 3.20. The highest BCUT2D eigenvalue weighted by molar-refractivity contribution is 9.10. The number of aryl methyl sites for hydroxylation is 1. The number of piperidine rings is 1. The minimum absolute atomic E-state index is 0.0505. The summed E-state index contributed by atoms with van der Waals surface area (Å²) in [4.78, 5) is 31.5. The third kappa shape index (κ3) is 4.90. The molecule has 1 aromatic heterocycles. The van der Waals surface area contributed by atoms with Crippen LogP contribution in [-0.4, -0.2) is 41.4 Å². The van der Waals surface area contributed by atoms with E-state index in [9.17, 15) is 9.59 Å². The first kappa shape index (κ1) is 20.3. The number of carbonyl (C=O) groups excluding carboxylic acids is 2. The Bertz CT molecular complexity index is 854. The highest BCUT2D eigenvalue weighted by Gasteiger charge is 2.29. The number of carbonyl (C=O) groups is 2. The van der Waals surface area contributed by atoms with Gasteiger partial charge >= 0.3 is 0 Å². The number of pyridine rings is 1. The van der Waals surface area contributed by atoms with Gasteiger partial charge in [0, 0.05) is 29.3 Å². The minimum Gasteiger partial charge on any atom is -0.494 e. The number of nitrogens with zero attached hydrogens (tertiary/aromatic N) is 2. The van der Waals surface area contributed by atoms with E-state index >= 15 is 0 Å². The molecule has 6 nitrogen and oxygen atoms in total. The third-order valence-corrected chi connectivity index (χ3v) is 5.25. The number of rotatable bonds is 5. The second-order valence-corrected chi connectivity index (χ2v) is 7.77. The van der Waals surface area contributed by atoms with Gasteiger partial charge < -0.3 is 15.0 Å². The van der Waals surface area contributed by atoms with Crippen LogP contribution in [0.25, 0.3) is 0 Å². The molecule has 1 fully saturated rings. The number of anilines is 1. The van der Waals surface area contributed by atoms with E-state index in [1.54, 1.807) is 23.2 Å². The minimum atomic E-state index is -0.244. The van der Waals surface area contributed by atoms with Gasteiger partial charge in [-0.2, -0.15) is 0 Å². The van der Waals surface area contributed by atoms with Gasteiger partial charge in [-0.05, 0) is 78.5 Å². The maximum Gasteiger partial charge on any atom is 0.253 e. The van der Waals surface area contributed by atoms with E-state index in [4.69, 9.17) is 4.74 Å². The van der Waals surface area contributed by atoms with Gasteiger partial charge in [0.25, 0.3) is 5.91 Å². The van der Waals surface area contributed by atoms with Crippen LogP contribution in [0, 0.1) is 12.8 Å². The Balaban J connectivity index is 1.65. The van der Waals surface area contributed by atoms with Crippen LogP contribution in [0.4, 0.5) is 5.82 Å². The van der Waals surface area contributed by atoms with Gasteiger partial charge in [-0.3, -0.25) is 9.59 Å². The van der Waals surface area contributed by atoms with Crippen molar-refractivity contribution in [1.82, 2.24) is 9.88 Å². The van der Waals surface area contributed by atoms with Gasteiger partial charge in [0.15, 0.2) is 0 Å². The molecule has 0 saturated carbocycles. The summed E-state index contributed by atoms with van der Waals surface area (Å²) in [5.41, 5.74) is 1.55. The summed E-state index contributed by atoms with van der Waals surface area (Å²) in [6, 6.07) is 9.04. The van der Waals surface area contributed by atoms with E-state index in [1.807, 2.05) is 32.0 Å². The normalized spacial score (nSPS) is 16.5. The van der Waals surface area contributed by atoms with Gasteiger partial charge in [0.1, 0.15) is 11.6 Å². The van der Waals surface area contributed by atoms with Crippen molar-refractivity contribution >= 4 is 33.6 Å². The van der Waals surface area contributed by atoms with Crippen LogP contribution in [0.2, 0.25) is 0 Å². The van der Waals surface area contributed by atoms with Crippen LogP contribution >= 0.6 is 15.9 Å². The Labute approximate surface area is 173 Å². The number of benzene rings is 1. The predicted octanol–water partition coefficient (Wildman–Crippen LogP) is 4.04. The molecular formula is C21H24BrN3O3. The average molecular weight is 446 g/mol. The maximum absolute atomic E-state index is 12.9. The third-order valence-electron chi connectivity index (χ3n) is 4.78. The lowest BCUT2D eigenvalue weighted by molar-refractivity contribution is -0.121. The van der Waals surface area contributed by atoms with Crippen molar-refractivity contribution in [3.8, 4) is 5.75 Å². The highest BCUT2D eigenvalue weighted by atomic mass is 79.9. The zero-order valence-corrected chi connectivity index (χ0v) is 17.7. The molecule has 0 bridgehead atoms. The molecule has 1 aliphatic heterocycles.